The van der Waals surface area contributed by atoms with E-state index in [-0.39, 0.29) is 86.5 Å². The lowest BCUT2D eigenvalue weighted by Crippen LogP contribution is -2.55. The summed E-state index contributed by atoms with van der Waals surface area (Å²) in [4.78, 5) is 37.7. The second-order valence-corrected chi connectivity index (χ2v) is 17.0. The van der Waals surface area contributed by atoms with Crippen molar-refractivity contribution in [1.29, 1.82) is 10.5 Å². The highest BCUT2D eigenvalue weighted by Gasteiger charge is 2.39. The van der Waals surface area contributed by atoms with Gasteiger partial charge in [0.25, 0.3) is 11.8 Å². The highest BCUT2D eigenvalue weighted by Crippen LogP contribution is 2.35. The van der Waals surface area contributed by atoms with Crippen molar-refractivity contribution in [2.75, 3.05) is 36.0 Å². The third-order valence-corrected chi connectivity index (χ3v) is 12.3. The van der Waals surface area contributed by atoms with E-state index in [1.54, 1.807) is 50.5 Å². The number of rotatable bonds is 6. The monoisotopic (exact) mass is 928 g/mol. The van der Waals surface area contributed by atoms with Gasteiger partial charge in [0, 0.05) is 37.6 Å². The van der Waals surface area contributed by atoms with Gasteiger partial charge in [-0.1, -0.05) is 27.0 Å². The number of fused-ring (bicyclic) bond motifs is 2. The van der Waals surface area contributed by atoms with E-state index in [2.05, 4.69) is 30.8 Å². The number of halogens is 2. The van der Waals surface area contributed by atoms with Crippen LogP contribution in [0.4, 0.5) is 20.4 Å². The molecule has 2 aromatic carbocycles. The lowest BCUT2D eigenvalue weighted by Gasteiger charge is -2.40. The van der Waals surface area contributed by atoms with E-state index in [1.807, 2.05) is 21.9 Å². The van der Waals surface area contributed by atoms with E-state index in [1.165, 1.54) is 45.8 Å². The van der Waals surface area contributed by atoms with E-state index >= 15 is 0 Å². The number of β-amino-alcohol motifs (C(OH)–C–C–N with tert-alkyl or cyclic N) is 2. The molecule has 10 rings (SSSR count). The van der Waals surface area contributed by atoms with Crippen molar-refractivity contribution in [3.63, 3.8) is 0 Å². The molecule has 6 N–H and O–H groups in total. The van der Waals surface area contributed by atoms with Crippen LogP contribution in [-0.2, 0) is 13.1 Å². The van der Waals surface area contributed by atoms with Gasteiger partial charge in [-0.25, -0.2) is 28.1 Å². The summed E-state index contributed by atoms with van der Waals surface area (Å²) in [5, 5.41) is 74.5. The van der Waals surface area contributed by atoms with Gasteiger partial charge in [-0.05, 0) is 63.1 Å². The van der Waals surface area contributed by atoms with Gasteiger partial charge < -0.3 is 40.9 Å². The van der Waals surface area contributed by atoms with Gasteiger partial charge in [0.05, 0.1) is 118 Å². The van der Waals surface area contributed by atoms with Gasteiger partial charge in [0.15, 0.2) is 11.6 Å². The van der Waals surface area contributed by atoms with Crippen LogP contribution in [0.2, 0.25) is 0 Å². The first-order chi connectivity index (χ1) is 31.6. The summed E-state index contributed by atoms with van der Waals surface area (Å²) in [6.45, 7) is 4.95. The number of hydrogen-bond acceptors (Lipinski definition) is 14. The molecule has 2 fully saturated rings. The van der Waals surface area contributed by atoms with Crippen molar-refractivity contribution in [3.8, 4) is 46.0 Å². The number of aliphatic hydroxyl groups excluding tert-OH is 2. The average Bonchev–Trinajstić information content (AvgIpc) is 4.13. The van der Waals surface area contributed by atoms with E-state index in [0.717, 1.165) is 0 Å². The zero-order chi connectivity index (χ0) is 46.7. The summed E-state index contributed by atoms with van der Waals surface area (Å²) in [6, 6.07) is 19.0. The number of nitrogens with zero attached hydrogens (tertiary/aromatic N) is 10. The summed E-state index contributed by atoms with van der Waals surface area (Å²) >= 11 is 0. The summed E-state index contributed by atoms with van der Waals surface area (Å²) in [5.41, 5.74) is 0.717. The Kier molecular flexibility index (Phi) is 13.2. The first kappa shape index (κ1) is 48.3. The number of carbonyl (C=O) groups is 2. The van der Waals surface area contributed by atoms with Crippen molar-refractivity contribution in [2.45, 2.75) is 78.0 Å². The number of amides is 2. The maximum absolute atomic E-state index is 14.7. The Labute approximate surface area is 390 Å². The molecule has 4 aliphatic rings. The zero-order valence-electron chi connectivity index (χ0n) is 35.6. The minimum absolute atomic E-state index is 0. The van der Waals surface area contributed by atoms with Gasteiger partial charge in [0.2, 0.25) is 0 Å². The minimum atomic E-state index is -1.27. The number of pyridine rings is 2. The fraction of sp³-hybridized carbons (Fsp3) is 0.333. The van der Waals surface area contributed by atoms with E-state index in [9.17, 15) is 49.3 Å². The Morgan fingerprint density at radius 1 is 0.662 bits per heavy atom. The van der Waals surface area contributed by atoms with Gasteiger partial charge in [-0.3, -0.25) is 9.59 Å². The Morgan fingerprint density at radius 3 is 1.43 bits per heavy atom. The molecule has 4 aromatic heterocycles. The zero-order valence-corrected chi connectivity index (χ0v) is 35.6. The molecule has 20 heteroatoms. The number of piperidine rings is 2. The number of benzene rings is 2. The van der Waals surface area contributed by atoms with Gasteiger partial charge >= 0.3 is 0 Å². The van der Waals surface area contributed by atoms with Crippen molar-refractivity contribution in [1.82, 2.24) is 40.2 Å². The van der Waals surface area contributed by atoms with Crippen molar-refractivity contribution in [3.05, 3.63) is 118 Å². The molecule has 0 saturated carbocycles. The maximum Gasteiger partial charge on any atom is 0.255 e. The number of nitrogens with one attached hydrogen (secondary N) is 2. The Balaban J connectivity index is 0.000000196. The maximum atomic E-state index is 14.7. The highest BCUT2D eigenvalue weighted by atomic mass is 19.1. The molecule has 8 heterocycles. The summed E-state index contributed by atoms with van der Waals surface area (Å²) in [5.74, 6) is -0.657. The Bertz CT molecular complexity index is 2830. The van der Waals surface area contributed by atoms with Gasteiger partial charge in [0.1, 0.15) is 22.8 Å². The lowest BCUT2D eigenvalue weighted by molar-refractivity contribution is -0.0693. The number of nitriles is 2. The van der Waals surface area contributed by atoms with Crippen LogP contribution in [0.5, 0.6) is 0 Å². The molecule has 0 aliphatic carbocycles. The first-order valence-corrected chi connectivity index (χ1v) is 21.0. The van der Waals surface area contributed by atoms with E-state index < -0.39 is 35.0 Å². The molecule has 1 unspecified atom stereocenters. The standard InChI is InChI=1S/2C23H21FN6O3.2CH4/c2*1-23(33)12-29(7-5-18(23)31)19-6-8-30(28-19)17-9-15(27-16-11-26-22(32)21(16)17)20-13(10-25)3-2-4-14(20)24;;/h2*2-4,6,8-9,18,31,33H,5,7,11-12H2,1H3,(H,26,32);2*1H4/t18-,23?;18-,23-;;/m11../s1. The van der Waals surface area contributed by atoms with Crippen LogP contribution in [0, 0.1) is 34.3 Å². The Hall–Kier alpha value is -7.62. The molecule has 2 saturated heterocycles. The van der Waals surface area contributed by atoms with Gasteiger partial charge in [-0.2, -0.15) is 20.7 Å². The number of hydrogen-bond donors (Lipinski definition) is 6. The molecular formula is C48H50F2N12O6. The fourth-order valence-electron chi connectivity index (χ4n) is 8.74. The van der Waals surface area contributed by atoms with Crippen LogP contribution in [0.1, 0.15) is 84.8 Å². The van der Waals surface area contributed by atoms with E-state index in [0.29, 0.717) is 71.5 Å². The predicted molar refractivity (Wildman–Crippen MR) is 246 cm³/mol. The highest BCUT2D eigenvalue weighted by molar-refractivity contribution is 6.02. The molecule has 352 valence electrons. The molecule has 0 radical (unpaired) electrons. The molecule has 0 bridgehead atoms. The van der Waals surface area contributed by atoms with Crippen molar-refractivity contribution in [2.24, 2.45) is 0 Å². The molecular weight excluding hydrogens is 879 g/mol. The third-order valence-electron chi connectivity index (χ3n) is 12.3. The molecule has 0 spiro atoms. The van der Waals surface area contributed by atoms with Crippen LogP contribution in [0.3, 0.4) is 0 Å². The average molecular weight is 929 g/mol. The van der Waals surface area contributed by atoms with Gasteiger partial charge in [-0.15, -0.1) is 0 Å². The molecule has 2 amide bonds. The summed E-state index contributed by atoms with van der Waals surface area (Å²) in [6.07, 6.45) is 2.49. The predicted octanol–water partition coefficient (Wildman–Crippen LogP) is 4.29. The first-order valence-electron chi connectivity index (χ1n) is 21.0. The van der Waals surface area contributed by atoms with E-state index in [4.69, 9.17) is 0 Å². The number of aromatic nitrogens is 6. The van der Waals surface area contributed by atoms with Crippen molar-refractivity contribution < 1.29 is 38.8 Å². The lowest BCUT2D eigenvalue weighted by atomic mass is 9.92. The fourth-order valence-corrected chi connectivity index (χ4v) is 8.74. The minimum Gasteiger partial charge on any atom is -0.390 e. The largest absolute Gasteiger partial charge is 0.390 e. The van der Waals surface area contributed by atoms with Crippen LogP contribution < -0.4 is 20.4 Å². The summed E-state index contributed by atoms with van der Waals surface area (Å²) in [7, 11) is 0. The molecule has 4 aliphatic heterocycles. The second-order valence-electron chi connectivity index (χ2n) is 17.0. The normalized spacial score (nSPS) is 21.4. The van der Waals surface area contributed by atoms with Crippen LogP contribution >= 0.6 is 0 Å². The molecule has 68 heavy (non-hydrogen) atoms. The third kappa shape index (κ3) is 8.73. The topological polar surface area (TPSA) is 255 Å². The smallest absolute Gasteiger partial charge is 0.255 e. The molecule has 18 nitrogen and oxygen atoms in total. The number of anilines is 2. The van der Waals surface area contributed by atoms with Crippen LogP contribution in [0.15, 0.2) is 73.1 Å². The number of carbonyl (C=O) groups excluding carboxylic acids is 2. The SMILES string of the molecule is C.C.CC1(O)CN(c2ccn(-c3cc(-c4c(F)cccc4C#N)nc4c3C(=O)NC4)n2)CC[C@H]1O.C[C@@]1(O)CN(c2ccn(-c3cc(-c4c(F)cccc4C#N)nc4c3C(=O)NC4)n2)CC[C@H]1O. The van der Waals surface area contributed by atoms with Crippen molar-refractivity contribution >= 4 is 23.5 Å². The molecule has 4 atom stereocenters. The summed E-state index contributed by atoms with van der Waals surface area (Å²) < 4.78 is 32.4. The number of aliphatic hydroxyl groups is 4. The second kappa shape index (κ2) is 18.6. The van der Waals surface area contributed by atoms with Crippen LogP contribution in [-0.4, -0.2) is 111 Å². The quantitative estimate of drug-likeness (QED) is 0.136. The molecule has 6 aromatic rings. The Morgan fingerprint density at radius 2 is 1.06 bits per heavy atom. The van der Waals surface area contributed by atoms with Crippen LogP contribution in [0.25, 0.3) is 33.9 Å².